The van der Waals surface area contributed by atoms with Gasteiger partial charge in [-0.05, 0) is 36.8 Å². The molecule has 0 saturated heterocycles. The first-order chi connectivity index (χ1) is 9.20. The SMILES string of the molecule is Cc1ccc2c(c1)CC(COc1cccc(Br)c1)O2. The van der Waals surface area contributed by atoms with Crippen LogP contribution in [-0.2, 0) is 6.42 Å². The number of benzene rings is 2. The van der Waals surface area contributed by atoms with E-state index in [0.717, 1.165) is 22.4 Å². The lowest BCUT2D eigenvalue weighted by Crippen LogP contribution is -2.22. The van der Waals surface area contributed by atoms with Crippen molar-refractivity contribution >= 4 is 15.9 Å². The highest BCUT2D eigenvalue weighted by molar-refractivity contribution is 9.10. The van der Waals surface area contributed by atoms with E-state index >= 15 is 0 Å². The third kappa shape index (κ3) is 2.92. The topological polar surface area (TPSA) is 18.5 Å². The fraction of sp³-hybridized carbons (Fsp3) is 0.250. The summed E-state index contributed by atoms with van der Waals surface area (Å²) < 4.78 is 12.7. The Morgan fingerprint density at radius 2 is 2.16 bits per heavy atom. The van der Waals surface area contributed by atoms with Crippen LogP contribution in [-0.4, -0.2) is 12.7 Å². The molecule has 2 aromatic carbocycles. The summed E-state index contributed by atoms with van der Waals surface area (Å²) in [4.78, 5) is 0. The summed E-state index contributed by atoms with van der Waals surface area (Å²) in [5, 5.41) is 0. The van der Waals surface area contributed by atoms with Gasteiger partial charge >= 0.3 is 0 Å². The minimum absolute atomic E-state index is 0.107. The Kier molecular flexibility index (Phi) is 3.47. The second-order valence-electron chi connectivity index (χ2n) is 4.82. The van der Waals surface area contributed by atoms with Gasteiger partial charge in [0, 0.05) is 10.9 Å². The number of hydrogen-bond donors (Lipinski definition) is 0. The molecule has 0 aliphatic carbocycles. The molecule has 0 aromatic heterocycles. The van der Waals surface area contributed by atoms with E-state index in [1.807, 2.05) is 30.3 Å². The Hall–Kier alpha value is -1.48. The lowest BCUT2D eigenvalue weighted by Gasteiger charge is -2.12. The minimum Gasteiger partial charge on any atom is -0.490 e. The van der Waals surface area contributed by atoms with E-state index < -0.39 is 0 Å². The van der Waals surface area contributed by atoms with Crippen LogP contribution in [0.1, 0.15) is 11.1 Å². The van der Waals surface area contributed by atoms with Crippen molar-refractivity contribution in [1.82, 2.24) is 0 Å². The number of hydrogen-bond acceptors (Lipinski definition) is 2. The van der Waals surface area contributed by atoms with Gasteiger partial charge in [0.1, 0.15) is 24.2 Å². The van der Waals surface area contributed by atoms with Crippen molar-refractivity contribution in [3.8, 4) is 11.5 Å². The summed E-state index contributed by atoms with van der Waals surface area (Å²) in [7, 11) is 0. The van der Waals surface area contributed by atoms with Gasteiger partial charge < -0.3 is 9.47 Å². The average Bonchev–Trinajstić information content (AvgIpc) is 2.78. The van der Waals surface area contributed by atoms with E-state index in [4.69, 9.17) is 9.47 Å². The van der Waals surface area contributed by atoms with Crippen LogP contribution >= 0.6 is 15.9 Å². The summed E-state index contributed by atoms with van der Waals surface area (Å²) in [6, 6.07) is 14.2. The molecule has 3 rings (SSSR count). The van der Waals surface area contributed by atoms with Crippen molar-refractivity contribution in [1.29, 1.82) is 0 Å². The molecule has 0 spiro atoms. The molecule has 1 aliphatic heterocycles. The number of ether oxygens (including phenoxy) is 2. The molecule has 0 saturated carbocycles. The third-order valence-electron chi connectivity index (χ3n) is 3.19. The molecule has 2 aromatic rings. The van der Waals surface area contributed by atoms with Crippen LogP contribution < -0.4 is 9.47 Å². The van der Waals surface area contributed by atoms with Crippen molar-refractivity contribution in [2.24, 2.45) is 0 Å². The molecule has 19 heavy (non-hydrogen) atoms. The lowest BCUT2D eigenvalue weighted by molar-refractivity contribution is 0.148. The highest BCUT2D eigenvalue weighted by atomic mass is 79.9. The number of halogens is 1. The second kappa shape index (κ2) is 5.25. The van der Waals surface area contributed by atoms with Crippen molar-refractivity contribution in [2.75, 3.05) is 6.61 Å². The molecule has 0 fully saturated rings. The number of rotatable bonds is 3. The van der Waals surface area contributed by atoms with Gasteiger partial charge in [-0.3, -0.25) is 0 Å². The van der Waals surface area contributed by atoms with Gasteiger partial charge in [-0.1, -0.05) is 39.7 Å². The zero-order chi connectivity index (χ0) is 13.2. The van der Waals surface area contributed by atoms with Gasteiger partial charge in [0.2, 0.25) is 0 Å². The van der Waals surface area contributed by atoms with Crippen LogP contribution in [0, 0.1) is 6.92 Å². The van der Waals surface area contributed by atoms with Gasteiger partial charge in [-0.25, -0.2) is 0 Å². The molecule has 1 heterocycles. The summed E-state index contributed by atoms with van der Waals surface area (Å²) in [6.45, 7) is 2.68. The molecular weight excluding hydrogens is 304 g/mol. The van der Waals surface area contributed by atoms with E-state index in [1.54, 1.807) is 0 Å². The Morgan fingerprint density at radius 1 is 1.26 bits per heavy atom. The molecule has 98 valence electrons. The Balaban J connectivity index is 1.62. The standard InChI is InChI=1S/C16H15BrO2/c1-11-5-6-16-12(7-11)8-15(19-16)10-18-14-4-2-3-13(17)9-14/h2-7,9,15H,8,10H2,1H3. The molecule has 1 atom stereocenters. The van der Waals surface area contributed by atoms with Gasteiger partial charge in [0.15, 0.2) is 0 Å². The van der Waals surface area contributed by atoms with E-state index in [0.29, 0.717) is 6.61 Å². The molecular formula is C16H15BrO2. The first-order valence-electron chi connectivity index (χ1n) is 6.35. The van der Waals surface area contributed by atoms with Crippen LogP contribution in [0.25, 0.3) is 0 Å². The zero-order valence-electron chi connectivity index (χ0n) is 10.7. The summed E-state index contributed by atoms with van der Waals surface area (Å²) >= 11 is 3.44. The van der Waals surface area contributed by atoms with Crippen molar-refractivity contribution in [2.45, 2.75) is 19.4 Å². The summed E-state index contributed by atoms with van der Waals surface area (Å²) in [6.07, 6.45) is 1.03. The molecule has 0 N–H and O–H groups in total. The average molecular weight is 319 g/mol. The number of fused-ring (bicyclic) bond motifs is 1. The lowest BCUT2D eigenvalue weighted by atomic mass is 10.1. The molecule has 2 nitrogen and oxygen atoms in total. The van der Waals surface area contributed by atoms with Gasteiger partial charge in [-0.2, -0.15) is 0 Å². The molecule has 0 bridgehead atoms. The molecule has 0 radical (unpaired) electrons. The Labute approximate surface area is 121 Å². The maximum Gasteiger partial charge on any atom is 0.137 e. The largest absolute Gasteiger partial charge is 0.490 e. The molecule has 3 heteroatoms. The van der Waals surface area contributed by atoms with E-state index in [2.05, 4.69) is 35.0 Å². The maximum atomic E-state index is 5.88. The van der Waals surface area contributed by atoms with Crippen molar-refractivity contribution < 1.29 is 9.47 Å². The fourth-order valence-corrected chi connectivity index (χ4v) is 2.67. The van der Waals surface area contributed by atoms with E-state index in [9.17, 15) is 0 Å². The van der Waals surface area contributed by atoms with Crippen LogP contribution in [0.5, 0.6) is 11.5 Å². The fourth-order valence-electron chi connectivity index (χ4n) is 2.29. The number of aryl methyl sites for hydroxylation is 1. The minimum atomic E-state index is 0.107. The quantitative estimate of drug-likeness (QED) is 0.846. The summed E-state index contributed by atoms with van der Waals surface area (Å²) in [5.74, 6) is 1.86. The van der Waals surface area contributed by atoms with Gasteiger partial charge in [0.25, 0.3) is 0 Å². The monoisotopic (exact) mass is 318 g/mol. The van der Waals surface area contributed by atoms with Crippen molar-refractivity contribution in [3.05, 3.63) is 58.1 Å². The van der Waals surface area contributed by atoms with Gasteiger partial charge in [0.05, 0.1) is 0 Å². The van der Waals surface area contributed by atoms with Crippen LogP contribution in [0.15, 0.2) is 46.9 Å². The first-order valence-corrected chi connectivity index (χ1v) is 7.14. The highest BCUT2D eigenvalue weighted by Crippen LogP contribution is 2.30. The second-order valence-corrected chi connectivity index (χ2v) is 5.74. The summed E-state index contributed by atoms with van der Waals surface area (Å²) in [5.41, 5.74) is 2.55. The predicted molar refractivity (Wildman–Crippen MR) is 78.9 cm³/mol. The Bertz CT molecular complexity index is 595. The smallest absolute Gasteiger partial charge is 0.137 e. The van der Waals surface area contributed by atoms with Crippen molar-refractivity contribution in [3.63, 3.8) is 0 Å². The van der Waals surface area contributed by atoms with Crippen LogP contribution in [0.4, 0.5) is 0 Å². The predicted octanol–water partition coefficient (Wildman–Crippen LogP) is 4.14. The van der Waals surface area contributed by atoms with E-state index in [-0.39, 0.29) is 6.10 Å². The molecule has 0 amide bonds. The Morgan fingerprint density at radius 3 is 3.00 bits per heavy atom. The van der Waals surface area contributed by atoms with Crippen LogP contribution in [0.3, 0.4) is 0 Å². The normalized spacial score (nSPS) is 16.8. The first kappa shape index (κ1) is 12.5. The maximum absolute atomic E-state index is 5.88. The highest BCUT2D eigenvalue weighted by Gasteiger charge is 2.23. The molecule has 1 aliphatic rings. The zero-order valence-corrected chi connectivity index (χ0v) is 12.3. The van der Waals surface area contributed by atoms with E-state index in [1.165, 1.54) is 11.1 Å². The van der Waals surface area contributed by atoms with Gasteiger partial charge in [-0.15, -0.1) is 0 Å². The third-order valence-corrected chi connectivity index (χ3v) is 3.68. The molecule has 1 unspecified atom stereocenters. The van der Waals surface area contributed by atoms with Crippen LogP contribution in [0.2, 0.25) is 0 Å².